The standard InChI is InChI=1S/C18H15BrO7/c1-8-6-11(16(22)10-7-9(19)4-5-12(10)20)13(17(23)25-2)14(15(8)21)18(24)26-3/h4-7,20-21H,1-3H3. The van der Waals surface area contributed by atoms with Crippen LogP contribution in [-0.4, -0.2) is 42.2 Å². The topological polar surface area (TPSA) is 110 Å². The molecule has 0 spiro atoms. The second-order valence-corrected chi connectivity index (χ2v) is 6.23. The number of carbonyl (C=O) groups is 3. The van der Waals surface area contributed by atoms with Crippen LogP contribution in [0.1, 0.15) is 42.2 Å². The molecule has 0 fully saturated rings. The summed E-state index contributed by atoms with van der Waals surface area (Å²) in [6.07, 6.45) is 0. The third kappa shape index (κ3) is 3.41. The lowest BCUT2D eigenvalue weighted by Gasteiger charge is -2.15. The van der Waals surface area contributed by atoms with Crippen LogP contribution in [0, 0.1) is 6.92 Å². The van der Waals surface area contributed by atoms with E-state index in [1.54, 1.807) is 0 Å². The number of halogens is 1. The van der Waals surface area contributed by atoms with Crippen LogP contribution in [0.5, 0.6) is 11.5 Å². The normalized spacial score (nSPS) is 10.3. The first kappa shape index (κ1) is 19.5. The zero-order chi connectivity index (χ0) is 19.6. The van der Waals surface area contributed by atoms with E-state index < -0.39 is 34.6 Å². The number of methoxy groups -OCH3 is 2. The van der Waals surface area contributed by atoms with Gasteiger partial charge in [-0.2, -0.15) is 0 Å². The van der Waals surface area contributed by atoms with Crippen molar-refractivity contribution in [3.63, 3.8) is 0 Å². The molecule has 2 aromatic rings. The van der Waals surface area contributed by atoms with Crippen LogP contribution in [0.3, 0.4) is 0 Å². The van der Waals surface area contributed by atoms with Gasteiger partial charge in [-0.3, -0.25) is 4.79 Å². The fourth-order valence-corrected chi connectivity index (χ4v) is 2.80. The van der Waals surface area contributed by atoms with E-state index in [0.29, 0.717) is 4.47 Å². The Bertz CT molecular complexity index is 918. The maximum atomic E-state index is 13.0. The molecule has 8 heteroatoms. The molecule has 136 valence electrons. The molecule has 0 heterocycles. The Morgan fingerprint density at radius 1 is 0.923 bits per heavy atom. The SMILES string of the molecule is COC(=O)c1c(C(=O)c2cc(Br)ccc2O)cc(C)c(O)c1C(=O)OC. The smallest absolute Gasteiger partial charge is 0.342 e. The number of rotatable bonds is 4. The Labute approximate surface area is 157 Å². The Balaban J connectivity index is 2.85. The molecule has 2 rings (SSSR count). The van der Waals surface area contributed by atoms with Crippen LogP contribution < -0.4 is 0 Å². The lowest BCUT2D eigenvalue weighted by atomic mass is 9.91. The minimum absolute atomic E-state index is 0.0922. The number of ketones is 1. The van der Waals surface area contributed by atoms with Gasteiger partial charge in [-0.05, 0) is 36.8 Å². The van der Waals surface area contributed by atoms with Gasteiger partial charge in [0.2, 0.25) is 0 Å². The summed E-state index contributed by atoms with van der Waals surface area (Å²) in [5.41, 5.74) is -1.04. The van der Waals surface area contributed by atoms with Crippen molar-refractivity contribution in [1.29, 1.82) is 0 Å². The van der Waals surface area contributed by atoms with Crippen LogP contribution in [-0.2, 0) is 9.47 Å². The van der Waals surface area contributed by atoms with Gasteiger partial charge in [0.15, 0.2) is 5.78 Å². The number of aryl methyl sites for hydroxylation is 1. The highest BCUT2D eigenvalue weighted by Gasteiger charge is 2.31. The number of hydrogen-bond acceptors (Lipinski definition) is 7. The summed E-state index contributed by atoms with van der Waals surface area (Å²) in [7, 11) is 2.15. The Hall–Kier alpha value is -2.87. The van der Waals surface area contributed by atoms with E-state index in [4.69, 9.17) is 0 Å². The zero-order valence-corrected chi connectivity index (χ0v) is 15.7. The largest absolute Gasteiger partial charge is 0.507 e. The molecule has 0 saturated carbocycles. The van der Waals surface area contributed by atoms with E-state index in [1.165, 1.54) is 31.2 Å². The molecule has 0 unspecified atom stereocenters. The number of phenolic OH excluding ortho intramolecular Hbond substituents is 2. The van der Waals surface area contributed by atoms with E-state index in [9.17, 15) is 24.6 Å². The van der Waals surface area contributed by atoms with Gasteiger partial charge in [0.25, 0.3) is 0 Å². The van der Waals surface area contributed by atoms with Crippen LogP contribution >= 0.6 is 15.9 Å². The van der Waals surface area contributed by atoms with Gasteiger partial charge in [-0.1, -0.05) is 15.9 Å². The van der Waals surface area contributed by atoms with Gasteiger partial charge >= 0.3 is 11.9 Å². The molecule has 7 nitrogen and oxygen atoms in total. The van der Waals surface area contributed by atoms with Crippen molar-refractivity contribution in [2.24, 2.45) is 0 Å². The highest BCUT2D eigenvalue weighted by molar-refractivity contribution is 9.10. The van der Waals surface area contributed by atoms with Crippen molar-refractivity contribution < 1.29 is 34.1 Å². The molecule has 2 N–H and O–H groups in total. The summed E-state index contributed by atoms with van der Waals surface area (Å²) in [6.45, 7) is 1.46. The van der Waals surface area contributed by atoms with E-state index in [0.717, 1.165) is 14.2 Å². The fourth-order valence-electron chi connectivity index (χ4n) is 2.44. The number of benzene rings is 2. The summed E-state index contributed by atoms with van der Waals surface area (Å²) in [5.74, 6) is -3.53. The lowest BCUT2D eigenvalue weighted by Crippen LogP contribution is -2.18. The molecular weight excluding hydrogens is 408 g/mol. The third-order valence-electron chi connectivity index (χ3n) is 3.72. The van der Waals surface area contributed by atoms with E-state index >= 15 is 0 Å². The molecule has 0 aliphatic carbocycles. The van der Waals surface area contributed by atoms with Crippen LogP contribution in [0.2, 0.25) is 0 Å². The quantitative estimate of drug-likeness (QED) is 0.575. The summed E-state index contributed by atoms with van der Waals surface area (Å²) in [6, 6.07) is 5.47. The number of phenols is 2. The summed E-state index contributed by atoms with van der Waals surface area (Å²) in [5, 5.41) is 20.2. The predicted octanol–water partition coefficient (Wildman–Crippen LogP) is 2.97. The molecule has 0 aromatic heterocycles. The van der Waals surface area contributed by atoms with Crippen LogP contribution in [0.15, 0.2) is 28.7 Å². The maximum Gasteiger partial charge on any atom is 0.342 e. The minimum Gasteiger partial charge on any atom is -0.507 e. The van der Waals surface area contributed by atoms with Gasteiger partial charge in [-0.25, -0.2) is 9.59 Å². The minimum atomic E-state index is -1.00. The summed E-state index contributed by atoms with van der Waals surface area (Å²) in [4.78, 5) is 37.3. The Morgan fingerprint density at radius 3 is 2.08 bits per heavy atom. The highest BCUT2D eigenvalue weighted by Crippen LogP contribution is 2.33. The van der Waals surface area contributed by atoms with Crippen molar-refractivity contribution in [2.75, 3.05) is 14.2 Å². The van der Waals surface area contributed by atoms with Crippen molar-refractivity contribution in [2.45, 2.75) is 6.92 Å². The zero-order valence-electron chi connectivity index (χ0n) is 14.1. The summed E-state index contributed by atoms with van der Waals surface area (Å²) >= 11 is 3.20. The number of esters is 2. The van der Waals surface area contributed by atoms with Gasteiger partial charge < -0.3 is 19.7 Å². The average molecular weight is 423 g/mol. The molecule has 0 amide bonds. The Kier molecular flexibility index (Phi) is 5.66. The second-order valence-electron chi connectivity index (χ2n) is 5.31. The van der Waals surface area contributed by atoms with Gasteiger partial charge in [0.1, 0.15) is 17.1 Å². The molecule has 0 atom stereocenters. The first-order chi connectivity index (χ1) is 12.2. The first-order valence-electron chi connectivity index (χ1n) is 7.29. The Morgan fingerprint density at radius 2 is 1.50 bits per heavy atom. The molecule has 26 heavy (non-hydrogen) atoms. The fraction of sp³-hybridized carbons (Fsp3) is 0.167. The molecular formula is C18H15BrO7. The molecule has 0 bridgehead atoms. The summed E-state index contributed by atoms with van der Waals surface area (Å²) < 4.78 is 9.81. The van der Waals surface area contributed by atoms with E-state index in [2.05, 4.69) is 25.4 Å². The van der Waals surface area contributed by atoms with Crippen molar-refractivity contribution in [1.82, 2.24) is 0 Å². The third-order valence-corrected chi connectivity index (χ3v) is 4.21. The first-order valence-corrected chi connectivity index (χ1v) is 8.08. The van der Waals surface area contributed by atoms with Crippen molar-refractivity contribution >= 4 is 33.7 Å². The number of ether oxygens (including phenoxy) is 2. The monoisotopic (exact) mass is 422 g/mol. The van der Waals surface area contributed by atoms with Crippen molar-refractivity contribution in [3.8, 4) is 11.5 Å². The molecule has 0 aliphatic rings. The van der Waals surface area contributed by atoms with Gasteiger partial charge in [0.05, 0.1) is 25.3 Å². The lowest BCUT2D eigenvalue weighted by molar-refractivity contribution is 0.0550. The molecule has 2 aromatic carbocycles. The van der Waals surface area contributed by atoms with E-state index in [1.807, 2.05) is 0 Å². The molecule has 0 saturated heterocycles. The van der Waals surface area contributed by atoms with Gasteiger partial charge in [-0.15, -0.1) is 0 Å². The molecule has 0 aliphatic heterocycles. The van der Waals surface area contributed by atoms with Crippen LogP contribution in [0.4, 0.5) is 0 Å². The predicted molar refractivity (Wildman–Crippen MR) is 94.8 cm³/mol. The number of aromatic hydroxyl groups is 2. The second kappa shape index (κ2) is 7.57. The maximum absolute atomic E-state index is 13.0. The highest BCUT2D eigenvalue weighted by atomic mass is 79.9. The number of carbonyl (C=O) groups excluding carboxylic acids is 3. The van der Waals surface area contributed by atoms with Crippen molar-refractivity contribution in [3.05, 3.63) is 56.6 Å². The average Bonchev–Trinajstić information content (AvgIpc) is 2.63. The number of hydrogen-bond donors (Lipinski definition) is 2. The van der Waals surface area contributed by atoms with Gasteiger partial charge in [0, 0.05) is 10.0 Å². The van der Waals surface area contributed by atoms with E-state index in [-0.39, 0.29) is 22.4 Å². The van der Waals surface area contributed by atoms with Crippen LogP contribution in [0.25, 0.3) is 0 Å². The molecule has 0 radical (unpaired) electrons.